The number of benzene rings is 1. The number of alkyl halides is 3. The van der Waals surface area contributed by atoms with Crippen LogP contribution in [0.2, 0.25) is 0 Å². The third-order valence-corrected chi connectivity index (χ3v) is 5.55. The molecule has 2 N–H and O–H groups in total. The molecule has 0 aliphatic carbocycles. The lowest BCUT2D eigenvalue weighted by Crippen LogP contribution is -2.42. The van der Waals surface area contributed by atoms with Crippen LogP contribution in [0, 0.1) is 6.92 Å². The first-order valence-corrected chi connectivity index (χ1v) is 8.00. The van der Waals surface area contributed by atoms with Crippen molar-refractivity contribution in [2.45, 2.75) is 36.9 Å². The maximum atomic E-state index is 12.9. The Bertz CT molecular complexity index is 627. The zero-order valence-corrected chi connectivity index (χ0v) is 13.6. The Balaban J connectivity index is 0.00000242. The molecule has 22 heavy (non-hydrogen) atoms. The van der Waals surface area contributed by atoms with Crippen LogP contribution in [-0.4, -0.2) is 31.9 Å². The van der Waals surface area contributed by atoms with Crippen LogP contribution in [-0.2, 0) is 16.2 Å². The van der Waals surface area contributed by atoms with Crippen molar-refractivity contribution in [1.29, 1.82) is 0 Å². The zero-order chi connectivity index (χ0) is 15.8. The predicted molar refractivity (Wildman–Crippen MR) is 79.4 cm³/mol. The fourth-order valence-electron chi connectivity index (χ4n) is 2.33. The molecule has 0 radical (unpaired) electrons. The van der Waals surface area contributed by atoms with Gasteiger partial charge in [-0.25, -0.2) is 8.42 Å². The van der Waals surface area contributed by atoms with Gasteiger partial charge in [0.25, 0.3) is 0 Å². The Morgan fingerprint density at radius 2 is 1.77 bits per heavy atom. The van der Waals surface area contributed by atoms with Crippen molar-refractivity contribution >= 4 is 22.4 Å². The van der Waals surface area contributed by atoms with Gasteiger partial charge in [-0.1, -0.05) is 6.07 Å². The third kappa shape index (κ3) is 3.92. The van der Waals surface area contributed by atoms with Gasteiger partial charge in [0.1, 0.15) is 0 Å². The van der Waals surface area contributed by atoms with Gasteiger partial charge in [-0.05, 0) is 37.5 Å². The molecule has 126 valence electrons. The van der Waals surface area contributed by atoms with E-state index in [0.29, 0.717) is 18.9 Å². The summed E-state index contributed by atoms with van der Waals surface area (Å²) >= 11 is 0. The van der Waals surface area contributed by atoms with Crippen molar-refractivity contribution in [3.63, 3.8) is 0 Å². The monoisotopic (exact) mass is 358 g/mol. The largest absolute Gasteiger partial charge is 0.416 e. The first-order valence-electron chi connectivity index (χ1n) is 6.56. The Morgan fingerprint density at radius 3 is 2.27 bits per heavy atom. The van der Waals surface area contributed by atoms with Gasteiger partial charge in [0.2, 0.25) is 10.0 Å². The minimum Gasteiger partial charge on any atom is -0.328 e. The summed E-state index contributed by atoms with van der Waals surface area (Å²) in [6.07, 6.45) is -3.55. The number of hydrogen-bond donors (Lipinski definition) is 1. The van der Waals surface area contributed by atoms with E-state index in [1.807, 2.05) is 0 Å². The molecule has 0 unspecified atom stereocenters. The smallest absolute Gasteiger partial charge is 0.328 e. The maximum absolute atomic E-state index is 12.9. The summed E-state index contributed by atoms with van der Waals surface area (Å²) in [6, 6.07) is 3.05. The lowest BCUT2D eigenvalue weighted by atomic mass is 10.1. The first kappa shape index (κ1) is 19.2. The molecular formula is C13H18ClF3N2O2S. The van der Waals surface area contributed by atoms with Crippen molar-refractivity contribution in [1.82, 2.24) is 4.31 Å². The number of nitrogens with zero attached hydrogens (tertiary/aromatic N) is 1. The van der Waals surface area contributed by atoms with Gasteiger partial charge in [-0.2, -0.15) is 17.5 Å². The second-order valence-electron chi connectivity index (χ2n) is 5.22. The Hall–Kier alpha value is -0.830. The Labute approximate surface area is 133 Å². The normalized spacial score (nSPS) is 18.0. The van der Waals surface area contributed by atoms with Gasteiger partial charge in [0.15, 0.2) is 0 Å². The molecule has 1 aromatic rings. The molecule has 9 heteroatoms. The topological polar surface area (TPSA) is 63.4 Å². The summed E-state index contributed by atoms with van der Waals surface area (Å²) < 4.78 is 64.7. The SMILES string of the molecule is Cc1ccc(S(=O)(=O)N2CCC(N)CC2)cc1C(F)(F)F.Cl. The standard InChI is InChI=1S/C13H17F3N2O2S.ClH/c1-9-2-3-11(8-12(9)13(14,15)16)21(19,20)18-6-4-10(17)5-7-18;/h2-3,8,10H,4-7,17H2,1H3;1H. The lowest BCUT2D eigenvalue weighted by molar-refractivity contribution is -0.138. The molecule has 0 aromatic heterocycles. The second kappa shape index (κ2) is 6.74. The summed E-state index contributed by atoms with van der Waals surface area (Å²) in [5.41, 5.74) is 4.79. The second-order valence-corrected chi connectivity index (χ2v) is 7.15. The van der Waals surface area contributed by atoms with Gasteiger partial charge in [-0.15, -0.1) is 12.4 Å². The van der Waals surface area contributed by atoms with Gasteiger partial charge in [0, 0.05) is 19.1 Å². The fraction of sp³-hybridized carbons (Fsp3) is 0.538. The number of hydrogen-bond acceptors (Lipinski definition) is 3. The Kier molecular flexibility index (Phi) is 5.88. The Morgan fingerprint density at radius 1 is 1.23 bits per heavy atom. The average Bonchev–Trinajstić information content (AvgIpc) is 2.38. The summed E-state index contributed by atoms with van der Waals surface area (Å²) in [6.45, 7) is 1.77. The highest BCUT2D eigenvalue weighted by Crippen LogP contribution is 2.34. The first-order chi connectivity index (χ1) is 9.62. The van der Waals surface area contributed by atoms with Crippen LogP contribution in [0.15, 0.2) is 23.1 Å². The number of aryl methyl sites for hydroxylation is 1. The van der Waals surface area contributed by atoms with E-state index >= 15 is 0 Å². The average molecular weight is 359 g/mol. The molecule has 0 amide bonds. The van der Waals surface area contributed by atoms with Gasteiger partial charge in [-0.3, -0.25) is 0 Å². The number of sulfonamides is 1. The molecular weight excluding hydrogens is 341 g/mol. The van der Waals surface area contributed by atoms with E-state index in [9.17, 15) is 21.6 Å². The van der Waals surface area contributed by atoms with Crippen LogP contribution < -0.4 is 5.73 Å². The van der Waals surface area contributed by atoms with Gasteiger partial charge >= 0.3 is 6.18 Å². The van der Waals surface area contributed by atoms with Crippen LogP contribution in [0.5, 0.6) is 0 Å². The quantitative estimate of drug-likeness (QED) is 0.883. The molecule has 2 rings (SSSR count). The molecule has 1 aliphatic rings. The van der Waals surface area contributed by atoms with Crippen molar-refractivity contribution in [3.05, 3.63) is 29.3 Å². The van der Waals surface area contributed by atoms with E-state index in [1.54, 1.807) is 0 Å². The molecule has 0 atom stereocenters. The molecule has 0 bridgehead atoms. The molecule has 0 saturated carbocycles. The van der Waals surface area contributed by atoms with Gasteiger partial charge < -0.3 is 5.73 Å². The number of rotatable bonds is 2. The van der Waals surface area contributed by atoms with Crippen molar-refractivity contribution in [3.8, 4) is 0 Å². The van der Waals surface area contributed by atoms with Crippen molar-refractivity contribution < 1.29 is 21.6 Å². The number of nitrogens with two attached hydrogens (primary N) is 1. The lowest BCUT2D eigenvalue weighted by Gasteiger charge is -2.29. The van der Waals surface area contributed by atoms with Crippen LogP contribution >= 0.6 is 12.4 Å². The van der Waals surface area contributed by atoms with E-state index < -0.39 is 21.8 Å². The molecule has 1 fully saturated rings. The highest BCUT2D eigenvalue weighted by molar-refractivity contribution is 7.89. The summed E-state index contributed by atoms with van der Waals surface area (Å²) in [4.78, 5) is -0.323. The summed E-state index contributed by atoms with van der Waals surface area (Å²) in [5, 5.41) is 0. The van der Waals surface area contributed by atoms with Crippen molar-refractivity contribution in [2.24, 2.45) is 5.73 Å². The highest BCUT2D eigenvalue weighted by Gasteiger charge is 2.35. The zero-order valence-electron chi connectivity index (χ0n) is 11.9. The summed E-state index contributed by atoms with van der Waals surface area (Å²) in [5.74, 6) is 0. The molecule has 1 aliphatic heterocycles. The minimum atomic E-state index is -4.57. The summed E-state index contributed by atoms with van der Waals surface area (Å²) in [7, 11) is -3.91. The van der Waals surface area contributed by atoms with E-state index in [4.69, 9.17) is 5.73 Å². The van der Waals surface area contributed by atoms with E-state index in [-0.39, 0.29) is 42.0 Å². The molecule has 1 aromatic carbocycles. The van der Waals surface area contributed by atoms with E-state index in [1.165, 1.54) is 23.4 Å². The fourth-order valence-corrected chi connectivity index (χ4v) is 3.83. The van der Waals surface area contributed by atoms with E-state index in [2.05, 4.69) is 0 Å². The highest BCUT2D eigenvalue weighted by atomic mass is 35.5. The molecule has 4 nitrogen and oxygen atoms in total. The van der Waals surface area contributed by atoms with Crippen molar-refractivity contribution in [2.75, 3.05) is 13.1 Å². The third-order valence-electron chi connectivity index (χ3n) is 3.65. The van der Waals surface area contributed by atoms with Crippen LogP contribution in [0.4, 0.5) is 13.2 Å². The molecule has 0 spiro atoms. The molecule has 1 saturated heterocycles. The maximum Gasteiger partial charge on any atom is 0.416 e. The van der Waals surface area contributed by atoms with Crippen LogP contribution in [0.25, 0.3) is 0 Å². The predicted octanol–water partition coefficient (Wildman–Crippen LogP) is 2.55. The molecule has 1 heterocycles. The van der Waals surface area contributed by atoms with E-state index in [0.717, 1.165) is 0 Å². The number of halogens is 4. The number of piperidine rings is 1. The van der Waals surface area contributed by atoms with Crippen LogP contribution in [0.3, 0.4) is 0 Å². The van der Waals surface area contributed by atoms with Crippen LogP contribution in [0.1, 0.15) is 24.0 Å². The van der Waals surface area contributed by atoms with Gasteiger partial charge in [0.05, 0.1) is 10.5 Å². The minimum absolute atomic E-state index is 0.